The molecule has 0 saturated heterocycles. The molecule has 3 rings (SSSR count). The Hall–Kier alpha value is -1.91. The van der Waals surface area contributed by atoms with Gasteiger partial charge in [-0.05, 0) is 59.9 Å². The average molecular weight is 243 g/mol. The summed E-state index contributed by atoms with van der Waals surface area (Å²) >= 11 is 0. The molecule has 1 atom stereocenters. The Morgan fingerprint density at radius 2 is 2.11 bits per heavy atom. The van der Waals surface area contributed by atoms with Crippen LogP contribution in [0.1, 0.15) is 26.2 Å². The summed E-state index contributed by atoms with van der Waals surface area (Å²) in [6, 6.07) is 8.84. The van der Waals surface area contributed by atoms with Crippen LogP contribution in [-0.2, 0) is 0 Å². The van der Waals surface area contributed by atoms with Crippen molar-refractivity contribution in [2.45, 2.75) is 32.2 Å². The first kappa shape index (κ1) is 11.2. The van der Waals surface area contributed by atoms with E-state index in [0.717, 1.165) is 11.6 Å². The Balaban J connectivity index is 1.70. The van der Waals surface area contributed by atoms with Gasteiger partial charge in [0.05, 0.1) is 5.69 Å². The lowest BCUT2D eigenvalue weighted by Gasteiger charge is -2.17. The average Bonchev–Trinajstić information content (AvgIpc) is 3.11. The predicted octanol–water partition coefficient (Wildman–Crippen LogP) is 2.26. The zero-order chi connectivity index (χ0) is 12.4. The summed E-state index contributed by atoms with van der Waals surface area (Å²) in [7, 11) is 0. The second-order valence-electron chi connectivity index (χ2n) is 4.80. The van der Waals surface area contributed by atoms with E-state index in [2.05, 4.69) is 39.9 Å². The molecule has 1 fully saturated rings. The van der Waals surface area contributed by atoms with Crippen LogP contribution in [0.5, 0.6) is 0 Å². The Labute approximate surface area is 106 Å². The van der Waals surface area contributed by atoms with Crippen LogP contribution in [-0.4, -0.2) is 26.2 Å². The fourth-order valence-corrected chi connectivity index (χ4v) is 2.26. The minimum absolute atomic E-state index is 0.615. The molecule has 0 bridgehead atoms. The molecule has 2 aromatic rings. The highest BCUT2D eigenvalue weighted by Crippen LogP contribution is 2.35. The Kier molecular flexibility index (Phi) is 2.96. The highest BCUT2D eigenvalue weighted by atomic mass is 15.5. The first-order valence-electron chi connectivity index (χ1n) is 6.47. The molecule has 0 spiro atoms. The number of hydrogen-bond acceptors (Lipinski definition) is 4. The van der Waals surface area contributed by atoms with Crippen molar-refractivity contribution in [1.82, 2.24) is 20.2 Å². The van der Waals surface area contributed by atoms with E-state index < -0.39 is 0 Å². The van der Waals surface area contributed by atoms with Gasteiger partial charge in [-0.15, -0.1) is 5.10 Å². The van der Waals surface area contributed by atoms with Crippen molar-refractivity contribution >= 4 is 5.69 Å². The Morgan fingerprint density at radius 1 is 1.33 bits per heavy atom. The SMILES string of the molecule is CCC(Nc1ccc(-n2cnnn2)cc1)C1CC1. The summed E-state index contributed by atoms with van der Waals surface area (Å²) in [5, 5.41) is 14.7. The molecule has 1 aliphatic rings. The topological polar surface area (TPSA) is 55.6 Å². The maximum atomic E-state index is 3.87. The van der Waals surface area contributed by atoms with Crippen LogP contribution in [0.3, 0.4) is 0 Å². The van der Waals surface area contributed by atoms with E-state index in [0.29, 0.717) is 6.04 Å². The van der Waals surface area contributed by atoms with E-state index in [4.69, 9.17) is 0 Å². The molecule has 1 saturated carbocycles. The predicted molar refractivity (Wildman–Crippen MR) is 69.6 cm³/mol. The molecule has 0 radical (unpaired) electrons. The molecule has 1 aromatic heterocycles. The Bertz CT molecular complexity index is 487. The number of anilines is 1. The lowest BCUT2D eigenvalue weighted by molar-refractivity contribution is 0.616. The highest BCUT2D eigenvalue weighted by Gasteiger charge is 2.29. The van der Waals surface area contributed by atoms with Gasteiger partial charge in [-0.1, -0.05) is 6.92 Å². The van der Waals surface area contributed by atoms with Gasteiger partial charge < -0.3 is 5.32 Å². The summed E-state index contributed by atoms with van der Waals surface area (Å²) < 4.78 is 1.65. The van der Waals surface area contributed by atoms with Crippen LogP contribution in [0.2, 0.25) is 0 Å². The van der Waals surface area contributed by atoms with Crippen molar-refractivity contribution in [1.29, 1.82) is 0 Å². The number of nitrogens with zero attached hydrogens (tertiary/aromatic N) is 4. The lowest BCUT2D eigenvalue weighted by atomic mass is 10.1. The molecule has 1 heterocycles. The second kappa shape index (κ2) is 4.76. The summed E-state index contributed by atoms with van der Waals surface area (Å²) in [6.45, 7) is 2.24. The number of benzene rings is 1. The van der Waals surface area contributed by atoms with Crippen molar-refractivity contribution in [2.75, 3.05) is 5.32 Å². The normalized spacial score (nSPS) is 16.5. The third kappa shape index (κ3) is 2.34. The summed E-state index contributed by atoms with van der Waals surface area (Å²) in [5.41, 5.74) is 2.15. The number of hydrogen-bond donors (Lipinski definition) is 1. The fourth-order valence-electron chi connectivity index (χ4n) is 2.26. The van der Waals surface area contributed by atoms with Crippen LogP contribution in [0.15, 0.2) is 30.6 Å². The summed E-state index contributed by atoms with van der Waals surface area (Å²) in [5.74, 6) is 0.870. The molecule has 94 valence electrons. The fraction of sp³-hybridized carbons (Fsp3) is 0.462. The molecular weight excluding hydrogens is 226 g/mol. The van der Waals surface area contributed by atoms with Crippen molar-refractivity contribution in [3.8, 4) is 5.69 Å². The van der Waals surface area contributed by atoms with Gasteiger partial charge in [0.1, 0.15) is 6.33 Å². The van der Waals surface area contributed by atoms with Crippen molar-refractivity contribution in [2.24, 2.45) is 5.92 Å². The van der Waals surface area contributed by atoms with Gasteiger partial charge in [0.15, 0.2) is 0 Å². The van der Waals surface area contributed by atoms with E-state index in [-0.39, 0.29) is 0 Å². The van der Waals surface area contributed by atoms with E-state index in [1.54, 1.807) is 11.0 Å². The smallest absolute Gasteiger partial charge is 0.143 e. The maximum Gasteiger partial charge on any atom is 0.143 e. The van der Waals surface area contributed by atoms with Crippen LogP contribution < -0.4 is 5.32 Å². The van der Waals surface area contributed by atoms with Crippen molar-refractivity contribution < 1.29 is 0 Å². The second-order valence-corrected chi connectivity index (χ2v) is 4.80. The van der Waals surface area contributed by atoms with Gasteiger partial charge in [0.2, 0.25) is 0 Å². The third-order valence-corrected chi connectivity index (χ3v) is 3.46. The quantitative estimate of drug-likeness (QED) is 0.875. The molecule has 5 heteroatoms. The van der Waals surface area contributed by atoms with Crippen molar-refractivity contribution in [3.05, 3.63) is 30.6 Å². The summed E-state index contributed by atoms with van der Waals surface area (Å²) in [4.78, 5) is 0. The first-order valence-corrected chi connectivity index (χ1v) is 6.47. The minimum Gasteiger partial charge on any atom is -0.382 e. The van der Waals surface area contributed by atoms with Gasteiger partial charge in [0, 0.05) is 11.7 Å². The number of tetrazole rings is 1. The molecule has 18 heavy (non-hydrogen) atoms. The molecule has 0 aliphatic heterocycles. The number of rotatable bonds is 5. The van der Waals surface area contributed by atoms with Gasteiger partial charge in [-0.2, -0.15) is 0 Å². The zero-order valence-electron chi connectivity index (χ0n) is 10.5. The van der Waals surface area contributed by atoms with Crippen LogP contribution in [0, 0.1) is 5.92 Å². The lowest BCUT2D eigenvalue weighted by Crippen LogP contribution is -2.20. The van der Waals surface area contributed by atoms with Crippen LogP contribution in [0.4, 0.5) is 5.69 Å². The molecular formula is C13H17N5. The number of aromatic nitrogens is 4. The largest absolute Gasteiger partial charge is 0.382 e. The van der Waals surface area contributed by atoms with Gasteiger partial charge in [-0.3, -0.25) is 0 Å². The zero-order valence-corrected chi connectivity index (χ0v) is 10.5. The highest BCUT2D eigenvalue weighted by molar-refractivity contribution is 5.49. The third-order valence-electron chi connectivity index (χ3n) is 3.46. The molecule has 1 N–H and O–H groups in total. The minimum atomic E-state index is 0.615. The maximum absolute atomic E-state index is 3.87. The summed E-state index contributed by atoms with van der Waals surface area (Å²) in [6.07, 6.45) is 5.52. The van der Waals surface area contributed by atoms with E-state index in [1.807, 2.05) is 12.1 Å². The standard InChI is InChI=1S/C13H17N5/c1-2-13(10-3-4-10)15-11-5-7-12(8-6-11)18-9-14-16-17-18/h5-10,13,15H,2-4H2,1H3. The van der Waals surface area contributed by atoms with E-state index in [9.17, 15) is 0 Å². The monoisotopic (exact) mass is 243 g/mol. The first-order chi connectivity index (χ1) is 8.86. The Morgan fingerprint density at radius 3 is 2.67 bits per heavy atom. The molecule has 1 aliphatic carbocycles. The molecule has 1 unspecified atom stereocenters. The molecule has 0 amide bonds. The van der Waals surface area contributed by atoms with E-state index >= 15 is 0 Å². The van der Waals surface area contributed by atoms with E-state index in [1.165, 1.54) is 24.9 Å². The van der Waals surface area contributed by atoms with Crippen LogP contribution >= 0.6 is 0 Å². The molecule has 1 aromatic carbocycles. The van der Waals surface area contributed by atoms with Gasteiger partial charge >= 0.3 is 0 Å². The number of nitrogens with one attached hydrogen (secondary N) is 1. The van der Waals surface area contributed by atoms with Crippen LogP contribution in [0.25, 0.3) is 5.69 Å². The van der Waals surface area contributed by atoms with Gasteiger partial charge in [0.25, 0.3) is 0 Å². The molecule has 5 nitrogen and oxygen atoms in total. The van der Waals surface area contributed by atoms with Crippen molar-refractivity contribution in [3.63, 3.8) is 0 Å². The van der Waals surface area contributed by atoms with Gasteiger partial charge in [-0.25, -0.2) is 4.68 Å².